The summed E-state index contributed by atoms with van der Waals surface area (Å²) in [4.78, 5) is 0. The number of likely N-dealkylation sites (N-methyl/N-ethyl adjacent to an activating group) is 1. The van der Waals surface area contributed by atoms with E-state index >= 15 is 0 Å². The van der Waals surface area contributed by atoms with E-state index < -0.39 is 16.1 Å². The van der Waals surface area contributed by atoms with Gasteiger partial charge in [0, 0.05) is 5.69 Å². The molecule has 2 N–H and O–H groups in total. The first-order valence-corrected chi connectivity index (χ1v) is 11.7. The summed E-state index contributed by atoms with van der Waals surface area (Å²) in [5.41, 5.74) is 1.35. The second kappa shape index (κ2) is 12.8. The van der Waals surface area contributed by atoms with Gasteiger partial charge in [-0.1, -0.05) is 38.3 Å². The van der Waals surface area contributed by atoms with Crippen molar-refractivity contribution in [2.45, 2.75) is 59.0 Å². The number of rotatable bonds is 13. The molecule has 0 heterocycles. The molecule has 0 amide bonds. The maximum Gasteiger partial charge on any atom is 0.229 e. The summed E-state index contributed by atoms with van der Waals surface area (Å²) in [5.74, 6) is 0. The first-order chi connectivity index (χ1) is 12.2. The van der Waals surface area contributed by atoms with Crippen molar-refractivity contribution in [2.24, 2.45) is 0 Å². The van der Waals surface area contributed by atoms with E-state index in [1.54, 1.807) is 24.3 Å². The number of quaternary nitrogens is 1. The monoisotopic (exact) mass is 464 g/mol. The number of halogens is 1. The number of hydrogen-bond donors (Lipinski definition) is 2. The van der Waals surface area contributed by atoms with Gasteiger partial charge in [0.25, 0.3) is 0 Å². The molecule has 5 nitrogen and oxygen atoms in total. The smallest absolute Gasteiger partial charge is 0.229 e. The largest absolute Gasteiger partial charge is 1.00 e. The SMILES string of the molecule is CCCCCCC[N+](CC)(CC)CC(O)c1ccc(NS(C)(=O)=O)cc1.[Br-]. The molecule has 1 rings (SSSR count). The molecule has 1 atom stereocenters. The van der Waals surface area contributed by atoms with Crippen LogP contribution >= 0.6 is 0 Å². The zero-order chi connectivity index (χ0) is 19.6. The molecule has 27 heavy (non-hydrogen) atoms. The van der Waals surface area contributed by atoms with E-state index in [1.807, 2.05) is 0 Å². The predicted octanol–water partition coefficient (Wildman–Crippen LogP) is 0.923. The molecule has 1 aromatic rings. The summed E-state index contributed by atoms with van der Waals surface area (Å²) in [5, 5.41) is 10.7. The van der Waals surface area contributed by atoms with Crippen LogP contribution in [0.15, 0.2) is 24.3 Å². The van der Waals surface area contributed by atoms with E-state index in [-0.39, 0.29) is 17.0 Å². The zero-order valence-electron chi connectivity index (χ0n) is 17.2. The molecule has 0 saturated heterocycles. The molecular formula is C20H37BrN2O3S. The van der Waals surface area contributed by atoms with Gasteiger partial charge >= 0.3 is 0 Å². The van der Waals surface area contributed by atoms with E-state index in [4.69, 9.17) is 0 Å². The van der Waals surface area contributed by atoms with Crippen molar-refractivity contribution in [1.29, 1.82) is 0 Å². The highest BCUT2D eigenvalue weighted by Crippen LogP contribution is 2.22. The van der Waals surface area contributed by atoms with Gasteiger partial charge in [-0.3, -0.25) is 4.72 Å². The zero-order valence-corrected chi connectivity index (χ0v) is 19.7. The Labute approximate surface area is 176 Å². The van der Waals surface area contributed by atoms with Crippen molar-refractivity contribution in [3.63, 3.8) is 0 Å². The minimum Gasteiger partial charge on any atom is -1.00 e. The third-order valence-corrected chi connectivity index (χ3v) is 5.84. The van der Waals surface area contributed by atoms with Crippen LogP contribution in [0.1, 0.15) is 64.5 Å². The maximum absolute atomic E-state index is 11.3. The lowest BCUT2D eigenvalue weighted by molar-refractivity contribution is -0.928. The molecule has 0 aliphatic rings. The predicted molar refractivity (Wildman–Crippen MR) is 110 cm³/mol. The van der Waals surface area contributed by atoms with Gasteiger partial charge < -0.3 is 26.6 Å². The number of anilines is 1. The number of aliphatic hydroxyl groups is 1. The standard InChI is InChI=1S/C20H37N2O3S.BrH/c1-5-8-9-10-11-16-22(6-2,7-3)17-20(23)18-12-14-19(15-13-18)21-26(4,24)25;/h12-15,20-21,23H,5-11,16-17H2,1-4H3;1H/q+1;/p-1. The van der Waals surface area contributed by atoms with Gasteiger partial charge in [-0.15, -0.1) is 0 Å². The van der Waals surface area contributed by atoms with Gasteiger partial charge in [0.15, 0.2) is 0 Å². The fourth-order valence-corrected chi connectivity index (χ4v) is 3.96. The van der Waals surface area contributed by atoms with Crippen LogP contribution in [-0.2, 0) is 10.0 Å². The van der Waals surface area contributed by atoms with Crippen LogP contribution in [0, 0.1) is 0 Å². The van der Waals surface area contributed by atoms with Crippen molar-refractivity contribution in [2.75, 3.05) is 37.2 Å². The fraction of sp³-hybridized carbons (Fsp3) is 0.700. The van der Waals surface area contributed by atoms with Crippen LogP contribution in [0.5, 0.6) is 0 Å². The van der Waals surface area contributed by atoms with Crippen LogP contribution in [0.4, 0.5) is 5.69 Å². The lowest BCUT2D eigenvalue weighted by Crippen LogP contribution is -3.00. The molecule has 7 heteroatoms. The van der Waals surface area contributed by atoms with E-state index in [0.717, 1.165) is 35.9 Å². The van der Waals surface area contributed by atoms with Gasteiger partial charge in [0.2, 0.25) is 10.0 Å². The third-order valence-electron chi connectivity index (χ3n) is 5.24. The van der Waals surface area contributed by atoms with Crippen LogP contribution < -0.4 is 21.7 Å². The van der Waals surface area contributed by atoms with Gasteiger partial charge in [-0.25, -0.2) is 8.42 Å². The second-order valence-electron chi connectivity index (χ2n) is 7.31. The lowest BCUT2D eigenvalue weighted by Gasteiger charge is -2.38. The summed E-state index contributed by atoms with van der Waals surface area (Å²) in [7, 11) is -3.28. The number of sulfonamides is 1. The highest BCUT2D eigenvalue weighted by atomic mass is 79.9. The summed E-state index contributed by atoms with van der Waals surface area (Å²) >= 11 is 0. The van der Waals surface area contributed by atoms with Gasteiger partial charge in [0.1, 0.15) is 12.6 Å². The molecule has 0 spiro atoms. The Morgan fingerprint density at radius 1 is 1.00 bits per heavy atom. The van der Waals surface area contributed by atoms with Crippen molar-refractivity contribution in [3.05, 3.63) is 29.8 Å². The van der Waals surface area contributed by atoms with Gasteiger partial charge in [0.05, 0.1) is 25.9 Å². The van der Waals surface area contributed by atoms with Crippen molar-refractivity contribution < 1.29 is 35.0 Å². The Kier molecular flexibility index (Phi) is 12.5. The number of benzene rings is 1. The van der Waals surface area contributed by atoms with E-state index in [9.17, 15) is 13.5 Å². The third kappa shape index (κ3) is 9.92. The van der Waals surface area contributed by atoms with E-state index in [2.05, 4.69) is 25.5 Å². The molecular weight excluding hydrogens is 428 g/mol. The highest BCUT2D eigenvalue weighted by Gasteiger charge is 2.27. The first-order valence-electron chi connectivity index (χ1n) is 9.86. The number of unbranched alkanes of at least 4 members (excludes halogenated alkanes) is 4. The molecule has 0 aliphatic carbocycles. The van der Waals surface area contributed by atoms with Crippen molar-refractivity contribution in [3.8, 4) is 0 Å². The average Bonchev–Trinajstić information content (AvgIpc) is 2.59. The number of aliphatic hydroxyl groups excluding tert-OH is 1. The number of nitrogens with one attached hydrogen (secondary N) is 1. The second-order valence-corrected chi connectivity index (χ2v) is 9.05. The molecule has 0 saturated carbocycles. The molecule has 1 unspecified atom stereocenters. The Bertz CT molecular complexity index is 617. The minimum atomic E-state index is -3.28. The maximum atomic E-state index is 11.3. The quantitative estimate of drug-likeness (QED) is 0.337. The van der Waals surface area contributed by atoms with Crippen LogP contribution in [-0.4, -0.2) is 50.4 Å². The van der Waals surface area contributed by atoms with E-state index in [1.165, 1.54) is 32.1 Å². The van der Waals surface area contributed by atoms with Crippen LogP contribution in [0.2, 0.25) is 0 Å². The lowest BCUT2D eigenvalue weighted by atomic mass is 10.1. The van der Waals surface area contributed by atoms with Crippen LogP contribution in [0.3, 0.4) is 0 Å². The molecule has 0 aromatic heterocycles. The average molecular weight is 465 g/mol. The molecule has 158 valence electrons. The summed E-state index contributed by atoms with van der Waals surface area (Å²) in [6, 6.07) is 7.02. The summed E-state index contributed by atoms with van der Waals surface area (Å²) in [6.07, 6.45) is 6.89. The molecule has 0 radical (unpaired) electrons. The Morgan fingerprint density at radius 3 is 2.04 bits per heavy atom. The van der Waals surface area contributed by atoms with Gasteiger partial charge in [-0.2, -0.15) is 0 Å². The van der Waals surface area contributed by atoms with Crippen molar-refractivity contribution >= 4 is 15.7 Å². The first kappa shape index (κ1) is 26.4. The van der Waals surface area contributed by atoms with Crippen molar-refractivity contribution in [1.82, 2.24) is 0 Å². The molecule has 1 aromatic carbocycles. The number of hydrogen-bond acceptors (Lipinski definition) is 3. The highest BCUT2D eigenvalue weighted by molar-refractivity contribution is 7.92. The Morgan fingerprint density at radius 2 is 1.56 bits per heavy atom. The molecule has 0 fully saturated rings. The minimum absolute atomic E-state index is 0. The summed E-state index contributed by atoms with van der Waals surface area (Å²) in [6.45, 7) is 10.4. The fourth-order valence-electron chi connectivity index (χ4n) is 3.40. The summed E-state index contributed by atoms with van der Waals surface area (Å²) < 4.78 is 25.9. The number of nitrogens with zero attached hydrogens (tertiary/aromatic N) is 1. The Hall–Kier alpha value is -0.630. The van der Waals surface area contributed by atoms with Crippen LogP contribution in [0.25, 0.3) is 0 Å². The Balaban J connectivity index is 0.00000676. The molecule has 0 aliphatic heterocycles. The topological polar surface area (TPSA) is 66.4 Å². The normalized spacial score (nSPS) is 13.1. The van der Waals surface area contributed by atoms with Gasteiger partial charge in [-0.05, 0) is 44.4 Å². The molecule has 0 bridgehead atoms. The van der Waals surface area contributed by atoms with E-state index in [0.29, 0.717) is 12.2 Å².